The summed E-state index contributed by atoms with van der Waals surface area (Å²) in [6, 6.07) is 13.2. The van der Waals surface area contributed by atoms with Crippen molar-refractivity contribution in [2.45, 2.75) is 19.3 Å². The first-order valence-corrected chi connectivity index (χ1v) is 6.81. The highest BCUT2D eigenvalue weighted by molar-refractivity contribution is 5.76. The molecular formula is C17H16O4. The molecule has 0 aromatic heterocycles. The maximum absolute atomic E-state index is 11.6. The van der Waals surface area contributed by atoms with Gasteiger partial charge in [-0.05, 0) is 36.6 Å². The van der Waals surface area contributed by atoms with Crippen LogP contribution in [0.3, 0.4) is 0 Å². The summed E-state index contributed by atoms with van der Waals surface area (Å²) in [5, 5.41) is 9.49. The normalized spacial score (nSPS) is 14.0. The first-order valence-electron chi connectivity index (χ1n) is 6.81. The van der Waals surface area contributed by atoms with Gasteiger partial charge in [-0.15, -0.1) is 0 Å². The van der Waals surface area contributed by atoms with Crippen LogP contribution in [0.5, 0.6) is 11.5 Å². The monoisotopic (exact) mass is 284 g/mol. The Morgan fingerprint density at radius 3 is 2.57 bits per heavy atom. The van der Waals surface area contributed by atoms with Gasteiger partial charge in [0.25, 0.3) is 0 Å². The van der Waals surface area contributed by atoms with Gasteiger partial charge in [0, 0.05) is 0 Å². The topological polar surface area (TPSA) is 55.8 Å². The molecule has 2 aromatic rings. The molecule has 1 N–H and O–H groups in total. The zero-order valence-electron chi connectivity index (χ0n) is 11.7. The second kappa shape index (κ2) is 5.48. The Morgan fingerprint density at radius 1 is 1.14 bits per heavy atom. The molecule has 0 spiro atoms. The molecule has 4 heteroatoms. The lowest BCUT2D eigenvalue weighted by Crippen LogP contribution is -2.14. The molecular weight excluding hydrogens is 268 g/mol. The molecule has 4 nitrogen and oxygen atoms in total. The molecule has 2 aromatic carbocycles. The number of carboxylic acids is 1. The minimum absolute atomic E-state index is 0.221. The van der Waals surface area contributed by atoms with E-state index in [0.717, 1.165) is 16.7 Å². The van der Waals surface area contributed by atoms with Crippen molar-refractivity contribution >= 4 is 5.97 Å². The van der Waals surface area contributed by atoms with E-state index in [2.05, 4.69) is 0 Å². The van der Waals surface area contributed by atoms with Crippen LogP contribution in [0.15, 0.2) is 42.5 Å². The molecule has 0 aliphatic carbocycles. The van der Waals surface area contributed by atoms with Crippen LogP contribution in [0.4, 0.5) is 0 Å². The van der Waals surface area contributed by atoms with E-state index in [0.29, 0.717) is 17.9 Å². The molecule has 0 fully saturated rings. The predicted molar refractivity (Wildman–Crippen MR) is 77.8 cm³/mol. The second-order valence-electron chi connectivity index (χ2n) is 5.19. The molecule has 108 valence electrons. The molecule has 0 saturated carbocycles. The van der Waals surface area contributed by atoms with Crippen molar-refractivity contribution in [1.82, 2.24) is 0 Å². The van der Waals surface area contributed by atoms with Crippen molar-refractivity contribution in [3.63, 3.8) is 0 Å². The lowest BCUT2D eigenvalue weighted by atomic mass is 9.91. The van der Waals surface area contributed by atoms with Crippen LogP contribution in [-0.4, -0.2) is 17.9 Å². The average molecular weight is 284 g/mol. The minimum Gasteiger partial charge on any atom is -0.481 e. The zero-order chi connectivity index (χ0) is 14.8. The lowest BCUT2D eigenvalue weighted by Gasteiger charge is -2.13. The number of hydrogen-bond acceptors (Lipinski definition) is 3. The van der Waals surface area contributed by atoms with Crippen LogP contribution in [0, 0.1) is 6.92 Å². The van der Waals surface area contributed by atoms with E-state index in [4.69, 9.17) is 9.47 Å². The summed E-state index contributed by atoms with van der Waals surface area (Å²) >= 11 is 0. The summed E-state index contributed by atoms with van der Waals surface area (Å²) in [4.78, 5) is 11.6. The van der Waals surface area contributed by atoms with Gasteiger partial charge < -0.3 is 14.6 Å². The van der Waals surface area contributed by atoms with Gasteiger partial charge in [-0.1, -0.05) is 35.9 Å². The first-order chi connectivity index (χ1) is 10.1. The van der Waals surface area contributed by atoms with Crippen LogP contribution in [0.1, 0.15) is 22.6 Å². The molecule has 0 amide bonds. The van der Waals surface area contributed by atoms with Crippen molar-refractivity contribution in [3.8, 4) is 11.5 Å². The number of fused-ring (bicyclic) bond motifs is 1. The third kappa shape index (κ3) is 2.84. The molecule has 1 aliphatic rings. The maximum atomic E-state index is 11.6. The van der Waals surface area contributed by atoms with Gasteiger partial charge in [0.2, 0.25) is 6.79 Å². The number of benzene rings is 2. The quantitative estimate of drug-likeness (QED) is 0.937. The maximum Gasteiger partial charge on any atom is 0.311 e. The van der Waals surface area contributed by atoms with Gasteiger partial charge >= 0.3 is 5.97 Å². The van der Waals surface area contributed by atoms with Gasteiger partial charge in [0.05, 0.1) is 5.92 Å². The van der Waals surface area contributed by atoms with Crippen molar-refractivity contribution in [1.29, 1.82) is 0 Å². The summed E-state index contributed by atoms with van der Waals surface area (Å²) in [5.74, 6) is 0.00370. The number of carboxylic acid groups (broad SMARTS) is 1. The molecule has 3 rings (SSSR count). The molecule has 1 heterocycles. The Balaban J connectivity index is 1.85. The Bertz CT molecular complexity index is 661. The highest BCUT2D eigenvalue weighted by Crippen LogP contribution is 2.34. The average Bonchev–Trinajstić information content (AvgIpc) is 2.93. The van der Waals surface area contributed by atoms with E-state index in [9.17, 15) is 9.90 Å². The van der Waals surface area contributed by atoms with Crippen LogP contribution < -0.4 is 9.47 Å². The third-order valence-electron chi connectivity index (χ3n) is 3.65. The first kappa shape index (κ1) is 13.5. The van der Waals surface area contributed by atoms with E-state index >= 15 is 0 Å². The minimum atomic E-state index is -0.823. The number of rotatable bonds is 4. The van der Waals surface area contributed by atoms with Gasteiger partial charge in [-0.25, -0.2) is 0 Å². The smallest absolute Gasteiger partial charge is 0.311 e. The van der Waals surface area contributed by atoms with E-state index < -0.39 is 11.9 Å². The van der Waals surface area contributed by atoms with Crippen molar-refractivity contribution in [3.05, 3.63) is 59.2 Å². The Morgan fingerprint density at radius 2 is 1.86 bits per heavy atom. The van der Waals surface area contributed by atoms with E-state index in [-0.39, 0.29) is 6.79 Å². The van der Waals surface area contributed by atoms with Gasteiger partial charge in [-0.3, -0.25) is 4.79 Å². The Labute approximate surface area is 122 Å². The summed E-state index contributed by atoms with van der Waals surface area (Å²) in [5.41, 5.74) is 2.85. The fraction of sp³-hybridized carbons (Fsp3) is 0.235. The zero-order valence-corrected chi connectivity index (χ0v) is 11.7. The number of hydrogen-bond donors (Lipinski definition) is 1. The van der Waals surface area contributed by atoms with Crippen LogP contribution >= 0.6 is 0 Å². The van der Waals surface area contributed by atoms with Crippen LogP contribution in [-0.2, 0) is 11.2 Å². The molecule has 1 unspecified atom stereocenters. The number of ether oxygens (including phenoxy) is 2. The van der Waals surface area contributed by atoms with Gasteiger partial charge in [0.1, 0.15) is 0 Å². The molecule has 1 aliphatic heterocycles. The molecule has 21 heavy (non-hydrogen) atoms. The fourth-order valence-corrected chi connectivity index (χ4v) is 2.45. The summed E-state index contributed by atoms with van der Waals surface area (Å²) in [6.45, 7) is 2.20. The predicted octanol–water partition coefficient (Wildman–Crippen LogP) is 3.13. The standard InChI is InChI=1S/C17H16O4/c1-11-2-5-13(6-3-11)14(17(18)19)8-12-4-7-15-16(9-12)21-10-20-15/h2-7,9,14H,8,10H2,1H3,(H,18,19). The summed E-state index contributed by atoms with van der Waals surface area (Å²) < 4.78 is 10.6. The van der Waals surface area contributed by atoms with Crippen LogP contribution in [0.25, 0.3) is 0 Å². The van der Waals surface area contributed by atoms with E-state index in [1.807, 2.05) is 49.4 Å². The fourth-order valence-electron chi connectivity index (χ4n) is 2.45. The third-order valence-corrected chi connectivity index (χ3v) is 3.65. The van der Waals surface area contributed by atoms with Crippen molar-refractivity contribution in [2.24, 2.45) is 0 Å². The summed E-state index contributed by atoms with van der Waals surface area (Å²) in [6.07, 6.45) is 0.426. The van der Waals surface area contributed by atoms with Gasteiger partial charge in [-0.2, -0.15) is 0 Å². The van der Waals surface area contributed by atoms with Gasteiger partial charge in [0.15, 0.2) is 11.5 Å². The molecule has 1 atom stereocenters. The van der Waals surface area contributed by atoms with Crippen molar-refractivity contribution in [2.75, 3.05) is 6.79 Å². The van der Waals surface area contributed by atoms with E-state index in [1.54, 1.807) is 0 Å². The summed E-state index contributed by atoms with van der Waals surface area (Å²) in [7, 11) is 0. The highest BCUT2D eigenvalue weighted by Gasteiger charge is 2.22. The van der Waals surface area contributed by atoms with Crippen molar-refractivity contribution < 1.29 is 19.4 Å². The van der Waals surface area contributed by atoms with E-state index in [1.165, 1.54) is 0 Å². The lowest BCUT2D eigenvalue weighted by molar-refractivity contribution is -0.138. The molecule has 0 saturated heterocycles. The number of carbonyl (C=O) groups is 1. The molecule has 0 radical (unpaired) electrons. The second-order valence-corrected chi connectivity index (χ2v) is 5.19. The Hall–Kier alpha value is -2.49. The SMILES string of the molecule is Cc1ccc(C(Cc2ccc3c(c2)OCO3)C(=O)O)cc1. The van der Waals surface area contributed by atoms with Crippen LogP contribution in [0.2, 0.25) is 0 Å². The highest BCUT2D eigenvalue weighted by atomic mass is 16.7. The Kier molecular flexibility index (Phi) is 3.52. The number of aryl methyl sites for hydroxylation is 1. The number of aliphatic carboxylic acids is 1. The largest absolute Gasteiger partial charge is 0.481 e. The molecule has 0 bridgehead atoms.